The standard InChI is InChI=1S/C51H69N9O8S.CH2O2/c1-10-66-48(46(50(62)59-20-12-11-19-53-59)54-37-14-16-38(17-15-37)60(63)64)49-55-43(31-69-49)36-13-18-44-40(27-36)42(29-51(6,7)32-68-35(5)61)47(58(44)25-26-67-33(2)3)41-28-39(30-52-45(41)34(4)65-9)57-23-21-56(8)22-24-57;2-1-3/h13-18,27-28,30-31,33-34,46,48,53-54H,10-12,19-26,29,32H2,1-9H3;1H,(H,2,3). The van der Waals surface area contributed by atoms with Gasteiger partial charge in [0.2, 0.25) is 0 Å². The van der Waals surface area contributed by atoms with Crippen molar-refractivity contribution in [2.45, 2.75) is 98.6 Å². The van der Waals surface area contributed by atoms with Crippen LogP contribution in [0.2, 0.25) is 0 Å². The molecular weight excluding hydrogens is 943 g/mol. The molecule has 5 aromatic rings. The molecule has 3 aromatic heterocycles. The van der Waals surface area contributed by atoms with Gasteiger partial charge in [0.25, 0.3) is 18.1 Å². The van der Waals surface area contributed by atoms with Gasteiger partial charge in [0, 0.05) is 117 Å². The molecule has 5 heterocycles. The number of methoxy groups -OCH3 is 1. The molecule has 0 radical (unpaired) electrons. The molecule has 19 nitrogen and oxygen atoms in total. The van der Waals surface area contributed by atoms with E-state index in [4.69, 9.17) is 38.8 Å². The first kappa shape index (κ1) is 55.3. The summed E-state index contributed by atoms with van der Waals surface area (Å²) in [5.74, 6) is -0.544. The number of amides is 1. The first-order chi connectivity index (χ1) is 34.5. The number of likely N-dealkylation sites (N-methyl/N-ethyl adjacent to an activating group) is 1. The highest BCUT2D eigenvalue weighted by Gasteiger charge is 2.37. The fraction of sp³-hybridized carbons (Fsp3) is 0.519. The van der Waals surface area contributed by atoms with E-state index in [2.05, 4.69) is 70.3 Å². The third-order valence-electron chi connectivity index (χ3n) is 12.8. The van der Waals surface area contributed by atoms with Crippen LogP contribution in [0.4, 0.5) is 17.1 Å². The average molecular weight is 1010 g/mol. The molecule has 0 bridgehead atoms. The maximum Gasteiger partial charge on any atom is 0.302 e. The number of benzene rings is 2. The zero-order chi connectivity index (χ0) is 52.1. The molecule has 7 rings (SSSR count). The number of pyridine rings is 1. The lowest BCUT2D eigenvalue weighted by molar-refractivity contribution is -0.384. The van der Waals surface area contributed by atoms with Gasteiger partial charge in [-0.3, -0.25) is 34.5 Å². The molecule has 390 valence electrons. The molecule has 3 unspecified atom stereocenters. The van der Waals surface area contributed by atoms with Gasteiger partial charge >= 0.3 is 5.97 Å². The number of thiazole rings is 1. The molecule has 72 heavy (non-hydrogen) atoms. The van der Waals surface area contributed by atoms with Gasteiger partial charge in [-0.05, 0) is 89.9 Å². The lowest BCUT2D eigenvalue weighted by Gasteiger charge is -2.34. The van der Waals surface area contributed by atoms with Crippen molar-refractivity contribution >= 4 is 57.7 Å². The molecule has 0 spiro atoms. The normalized spacial score (nSPS) is 15.7. The van der Waals surface area contributed by atoms with Crippen molar-refractivity contribution in [2.75, 3.05) is 83.5 Å². The van der Waals surface area contributed by atoms with E-state index in [1.165, 1.54) is 30.4 Å². The first-order valence-electron chi connectivity index (χ1n) is 24.6. The number of carbonyl (C=O) groups is 3. The molecule has 20 heteroatoms. The number of esters is 1. The van der Waals surface area contributed by atoms with E-state index in [0.717, 1.165) is 83.7 Å². The molecule has 3 atom stereocenters. The van der Waals surface area contributed by atoms with Crippen LogP contribution in [0.25, 0.3) is 33.4 Å². The number of fused-ring (bicyclic) bond motifs is 1. The van der Waals surface area contributed by atoms with E-state index in [9.17, 15) is 19.7 Å². The number of anilines is 2. The van der Waals surface area contributed by atoms with Crippen molar-refractivity contribution in [3.8, 4) is 22.5 Å². The van der Waals surface area contributed by atoms with Crippen molar-refractivity contribution in [1.29, 1.82) is 0 Å². The first-order valence-corrected chi connectivity index (χ1v) is 25.4. The highest BCUT2D eigenvalue weighted by molar-refractivity contribution is 7.10. The lowest BCUT2D eigenvalue weighted by atomic mass is 9.84. The molecule has 3 N–H and O–H groups in total. The Kier molecular flexibility index (Phi) is 19.6. The van der Waals surface area contributed by atoms with Gasteiger partial charge in [-0.25, -0.2) is 10.4 Å². The molecule has 0 aliphatic carbocycles. The van der Waals surface area contributed by atoms with Crippen LogP contribution in [0.15, 0.2) is 60.1 Å². The van der Waals surface area contributed by atoms with E-state index in [1.54, 1.807) is 24.3 Å². The Bertz CT molecular complexity index is 2610. The smallest absolute Gasteiger partial charge is 0.302 e. The summed E-state index contributed by atoms with van der Waals surface area (Å²) in [5, 5.41) is 27.0. The number of rotatable bonds is 21. The number of nitro groups is 1. The molecule has 2 aromatic carbocycles. The van der Waals surface area contributed by atoms with Crippen molar-refractivity contribution in [2.24, 2.45) is 5.41 Å². The van der Waals surface area contributed by atoms with E-state index in [1.807, 2.05) is 39.3 Å². The van der Waals surface area contributed by atoms with E-state index >= 15 is 0 Å². The van der Waals surface area contributed by atoms with Gasteiger partial charge in [0.05, 0.1) is 59.3 Å². The molecule has 2 fully saturated rings. The van der Waals surface area contributed by atoms with Crippen LogP contribution in [-0.2, 0) is 46.3 Å². The van der Waals surface area contributed by atoms with Crippen LogP contribution in [0.1, 0.15) is 89.8 Å². The molecule has 2 saturated heterocycles. The SMILES string of the molecule is CCOC(c1nc(-c2ccc3c(c2)c(CC(C)(C)COC(C)=O)c(-c2cc(N4CCN(C)CC4)cnc2C(C)OC)n3CCOC(C)C)cs1)C(Nc1ccc([N+](=O)[O-])cc1)C(=O)N1CCCCN1.O=CO. The fourth-order valence-corrected chi connectivity index (χ4v) is 9.96. The molecule has 2 aliphatic rings. The Labute approximate surface area is 425 Å². The van der Waals surface area contributed by atoms with Gasteiger partial charge in [-0.1, -0.05) is 19.9 Å². The highest BCUT2D eigenvalue weighted by Crippen LogP contribution is 2.43. The van der Waals surface area contributed by atoms with Crippen LogP contribution >= 0.6 is 11.3 Å². The summed E-state index contributed by atoms with van der Waals surface area (Å²) in [6.45, 7) is 19.8. The topological polar surface area (TPSA) is 216 Å². The number of nitro benzene ring substituents is 1. The maximum atomic E-state index is 14.4. The predicted molar refractivity (Wildman–Crippen MR) is 279 cm³/mol. The van der Waals surface area contributed by atoms with Crippen LogP contribution in [0.3, 0.4) is 0 Å². The largest absolute Gasteiger partial charge is 0.483 e. The van der Waals surface area contributed by atoms with Crippen molar-refractivity contribution < 1.29 is 43.4 Å². The summed E-state index contributed by atoms with van der Waals surface area (Å²) in [4.78, 5) is 61.1. The molecule has 0 saturated carbocycles. The van der Waals surface area contributed by atoms with E-state index in [-0.39, 0.29) is 42.9 Å². The fourth-order valence-electron chi connectivity index (χ4n) is 9.05. The number of hydrazine groups is 1. The number of nitrogens with zero attached hydrogens (tertiary/aromatic N) is 7. The lowest BCUT2D eigenvalue weighted by Crippen LogP contribution is -2.54. The average Bonchev–Trinajstić information content (AvgIpc) is 3.97. The van der Waals surface area contributed by atoms with E-state index in [0.29, 0.717) is 55.7 Å². The quantitative estimate of drug-likeness (QED) is 0.0274. The zero-order valence-corrected chi connectivity index (χ0v) is 43.8. The minimum atomic E-state index is -0.909. The highest BCUT2D eigenvalue weighted by atomic mass is 32.1. The van der Waals surface area contributed by atoms with Crippen molar-refractivity contribution in [3.05, 3.63) is 86.5 Å². The predicted octanol–water partition coefficient (Wildman–Crippen LogP) is 8.14. The number of carbonyl (C=O) groups excluding carboxylic acids is 2. The number of hydrogen-bond donors (Lipinski definition) is 3. The molecule has 1 amide bonds. The Hall–Kier alpha value is -6.03. The van der Waals surface area contributed by atoms with Crippen LogP contribution in [-0.4, -0.2) is 138 Å². The Balaban J connectivity index is 0.00000275. The number of hydrogen-bond acceptors (Lipinski definition) is 16. The third kappa shape index (κ3) is 13.9. The summed E-state index contributed by atoms with van der Waals surface area (Å²) in [7, 11) is 3.86. The number of carboxylic acid groups (broad SMARTS) is 1. The zero-order valence-electron chi connectivity index (χ0n) is 43.0. The third-order valence-corrected chi connectivity index (χ3v) is 13.7. The molecule has 2 aliphatic heterocycles. The van der Waals surface area contributed by atoms with Gasteiger partial charge in [0.1, 0.15) is 17.2 Å². The Morgan fingerprint density at radius 1 is 1.04 bits per heavy atom. The number of non-ortho nitro benzene ring substituents is 1. The van der Waals surface area contributed by atoms with Crippen LogP contribution in [0.5, 0.6) is 0 Å². The second kappa shape index (κ2) is 25.6. The number of nitrogens with one attached hydrogen (secondary N) is 2. The maximum absolute atomic E-state index is 14.4. The van der Waals surface area contributed by atoms with Crippen molar-refractivity contribution in [1.82, 2.24) is 29.9 Å². The summed E-state index contributed by atoms with van der Waals surface area (Å²) >= 11 is 1.42. The molecular formula is C52H71N9O10S. The summed E-state index contributed by atoms with van der Waals surface area (Å²) in [6, 6.07) is 13.8. The number of piperazine rings is 1. The minimum Gasteiger partial charge on any atom is -0.483 e. The van der Waals surface area contributed by atoms with Crippen molar-refractivity contribution in [3.63, 3.8) is 0 Å². The monoisotopic (exact) mass is 1010 g/mol. The Morgan fingerprint density at radius 3 is 2.39 bits per heavy atom. The van der Waals surface area contributed by atoms with Gasteiger partial charge in [-0.15, -0.1) is 11.3 Å². The van der Waals surface area contributed by atoms with E-state index < -0.39 is 22.5 Å². The van der Waals surface area contributed by atoms with Gasteiger partial charge in [-0.2, -0.15) is 0 Å². The Morgan fingerprint density at radius 2 is 1.76 bits per heavy atom. The van der Waals surface area contributed by atoms with Gasteiger partial charge < -0.3 is 43.7 Å². The number of ether oxygens (including phenoxy) is 4. The summed E-state index contributed by atoms with van der Waals surface area (Å²) in [6.07, 6.45) is 3.25. The number of aromatic nitrogens is 3. The summed E-state index contributed by atoms with van der Waals surface area (Å²) in [5.41, 5.74) is 10.8. The summed E-state index contributed by atoms with van der Waals surface area (Å²) < 4.78 is 26.7. The van der Waals surface area contributed by atoms with Gasteiger partial charge in [0.15, 0.2) is 0 Å². The van der Waals surface area contributed by atoms with Crippen LogP contribution in [0, 0.1) is 15.5 Å². The second-order valence-corrected chi connectivity index (χ2v) is 20.0. The minimum absolute atomic E-state index is 0.0324. The second-order valence-electron chi connectivity index (χ2n) is 19.1. The van der Waals surface area contributed by atoms with Crippen LogP contribution < -0.4 is 15.6 Å².